The topological polar surface area (TPSA) is 89.4 Å². The highest BCUT2D eigenvalue weighted by Crippen LogP contribution is 2.27. The van der Waals surface area contributed by atoms with Crippen molar-refractivity contribution in [2.24, 2.45) is 5.92 Å². The lowest BCUT2D eigenvalue weighted by Crippen LogP contribution is -2.34. The van der Waals surface area contributed by atoms with Gasteiger partial charge in [-0.05, 0) is 45.0 Å². The van der Waals surface area contributed by atoms with Crippen molar-refractivity contribution in [2.45, 2.75) is 39.8 Å². The van der Waals surface area contributed by atoms with Crippen molar-refractivity contribution in [1.29, 1.82) is 0 Å². The summed E-state index contributed by atoms with van der Waals surface area (Å²) in [5.41, 5.74) is 1.62. The van der Waals surface area contributed by atoms with E-state index < -0.39 is 0 Å². The average molecular weight is 371 g/mol. The van der Waals surface area contributed by atoms with Crippen molar-refractivity contribution < 1.29 is 14.3 Å². The van der Waals surface area contributed by atoms with E-state index in [0.717, 1.165) is 17.1 Å². The summed E-state index contributed by atoms with van der Waals surface area (Å²) in [7, 11) is 0. The van der Waals surface area contributed by atoms with Crippen LogP contribution in [0.3, 0.4) is 0 Å². The molecule has 1 atom stereocenters. The summed E-state index contributed by atoms with van der Waals surface area (Å²) >= 11 is 0. The Balaban J connectivity index is 1.52. The number of ether oxygens (including phenoxy) is 1. The molecule has 1 saturated heterocycles. The second kappa shape index (κ2) is 8.20. The van der Waals surface area contributed by atoms with Gasteiger partial charge in [0.15, 0.2) is 0 Å². The molecule has 0 spiro atoms. The highest BCUT2D eigenvalue weighted by molar-refractivity contribution is 6.00. The maximum absolute atomic E-state index is 12.4. The third kappa shape index (κ3) is 4.84. The molecule has 0 saturated carbocycles. The molecule has 1 N–H and O–H groups in total. The van der Waals surface area contributed by atoms with Crippen molar-refractivity contribution in [1.82, 2.24) is 20.3 Å². The average Bonchev–Trinajstić information content (AvgIpc) is 3.21. The lowest BCUT2D eigenvalue weighted by atomic mass is 10.1. The molecule has 0 aliphatic carbocycles. The number of carbonyl (C=O) groups is 2. The number of benzene rings is 1. The zero-order valence-electron chi connectivity index (χ0n) is 15.9. The highest BCUT2D eigenvalue weighted by atomic mass is 16.5. The van der Waals surface area contributed by atoms with E-state index in [2.05, 4.69) is 15.6 Å². The van der Waals surface area contributed by atoms with Gasteiger partial charge in [-0.25, -0.2) is 0 Å². The standard InChI is InChI=1S/C19H25N5O3/c1-13(2)27-17-6-4-16(5-7-17)24-12-15(10-18(24)25)19(26)20-8-9-23-11-14(3)21-22-23/h4-7,11,13,15H,8-10,12H2,1-3H3,(H,20,26). The number of carbonyl (C=O) groups excluding carboxylic acids is 2. The number of hydrogen-bond donors (Lipinski definition) is 1. The molecule has 2 heterocycles. The molecule has 8 nitrogen and oxygen atoms in total. The van der Waals surface area contributed by atoms with Crippen molar-refractivity contribution in [3.05, 3.63) is 36.2 Å². The summed E-state index contributed by atoms with van der Waals surface area (Å²) < 4.78 is 7.30. The minimum atomic E-state index is -0.346. The molecule has 1 fully saturated rings. The number of hydrogen-bond acceptors (Lipinski definition) is 5. The summed E-state index contributed by atoms with van der Waals surface area (Å²) in [4.78, 5) is 26.4. The Morgan fingerprint density at radius 1 is 1.33 bits per heavy atom. The van der Waals surface area contributed by atoms with Gasteiger partial charge in [-0.3, -0.25) is 14.3 Å². The number of nitrogens with zero attached hydrogens (tertiary/aromatic N) is 4. The highest BCUT2D eigenvalue weighted by Gasteiger charge is 2.34. The van der Waals surface area contributed by atoms with Crippen LogP contribution in [-0.4, -0.2) is 46.0 Å². The fourth-order valence-electron chi connectivity index (χ4n) is 3.05. The quantitative estimate of drug-likeness (QED) is 0.797. The summed E-state index contributed by atoms with van der Waals surface area (Å²) in [6, 6.07) is 7.39. The Morgan fingerprint density at radius 3 is 2.70 bits per heavy atom. The SMILES string of the molecule is Cc1cn(CCNC(=O)C2CC(=O)N(c3ccc(OC(C)C)cc3)C2)nn1. The molecule has 2 amide bonds. The fraction of sp³-hybridized carbons (Fsp3) is 0.474. The van der Waals surface area contributed by atoms with E-state index in [1.165, 1.54) is 0 Å². The second-order valence-corrected chi connectivity index (χ2v) is 6.98. The van der Waals surface area contributed by atoms with Crippen molar-refractivity contribution >= 4 is 17.5 Å². The monoisotopic (exact) mass is 371 g/mol. The molecule has 1 aliphatic heterocycles. The van der Waals surface area contributed by atoms with Crippen LogP contribution in [0.2, 0.25) is 0 Å². The van der Waals surface area contributed by atoms with Gasteiger partial charge in [0.05, 0.1) is 24.3 Å². The first-order valence-corrected chi connectivity index (χ1v) is 9.14. The molecular weight excluding hydrogens is 346 g/mol. The summed E-state index contributed by atoms with van der Waals surface area (Å²) in [5, 5.41) is 10.7. The van der Waals surface area contributed by atoms with Gasteiger partial charge < -0.3 is 15.0 Å². The van der Waals surface area contributed by atoms with Crippen LogP contribution in [0.25, 0.3) is 0 Å². The van der Waals surface area contributed by atoms with Gasteiger partial charge in [0.25, 0.3) is 0 Å². The predicted molar refractivity (Wildman–Crippen MR) is 100 cm³/mol. The Hall–Kier alpha value is -2.90. The lowest BCUT2D eigenvalue weighted by molar-refractivity contribution is -0.126. The smallest absolute Gasteiger partial charge is 0.227 e. The number of aryl methyl sites for hydroxylation is 1. The number of aromatic nitrogens is 3. The molecule has 1 aromatic carbocycles. The lowest BCUT2D eigenvalue weighted by Gasteiger charge is -2.18. The van der Waals surface area contributed by atoms with Crippen LogP contribution in [0.4, 0.5) is 5.69 Å². The van der Waals surface area contributed by atoms with Gasteiger partial charge in [-0.1, -0.05) is 5.21 Å². The number of anilines is 1. The number of nitrogens with one attached hydrogen (secondary N) is 1. The van der Waals surface area contributed by atoms with Crippen molar-refractivity contribution in [3.8, 4) is 5.75 Å². The summed E-state index contributed by atoms with van der Waals surface area (Å²) in [6.45, 7) is 7.18. The van der Waals surface area contributed by atoms with E-state index in [1.54, 1.807) is 9.58 Å². The number of amides is 2. The molecule has 0 radical (unpaired) electrons. The van der Waals surface area contributed by atoms with E-state index in [1.807, 2.05) is 51.2 Å². The van der Waals surface area contributed by atoms with Gasteiger partial charge in [0.1, 0.15) is 5.75 Å². The van der Waals surface area contributed by atoms with E-state index in [-0.39, 0.29) is 30.3 Å². The zero-order valence-corrected chi connectivity index (χ0v) is 15.9. The summed E-state index contributed by atoms with van der Waals surface area (Å²) in [6.07, 6.45) is 2.14. The fourth-order valence-corrected chi connectivity index (χ4v) is 3.05. The Labute approximate surface area is 158 Å². The molecule has 2 aromatic rings. The molecule has 8 heteroatoms. The maximum atomic E-state index is 12.4. The van der Waals surface area contributed by atoms with Gasteiger partial charge in [-0.15, -0.1) is 5.10 Å². The second-order valence-electron chi connectivity index (χ2n) is 6.98. The van der Waals surface area contributed by atoms with Gasteiger partial charge in [0.2, 0.25) is 11.8 Å². The first kappa shape index (κ1) is 18.9. The minimum Gasteiger partial charge on any atom is -0.491 e. The third-order valence-corrected chi connectivity index (χ3v) is 4.31. The molecule has 3 rings (SSSR count). The molecule has 0 bridgehead atoms. The van der Waals surface area contributed by atoms with Crippen LogP contribution < -0.4 is 15.0 Å². The summed E-state index contributed by atoms with van der Waals surface area (Å²) in [5.74, 6) is 0.265. The molecule has 144 valence electrons. The molecule has 1 aromatic heterocycles. The third-order valence-electron chi connectivity index (χ3n) is 4.31. The molecular formula is C19H25N5O3. The van der Waals surface area contributed by atoms with Crippen LogP contribution >= 0.6 is 0 Å². The molecule has 27 heavy (non-hydrogen) atoms. The maximum Gasteiger partial charge on any atom is 0.227 e. The first-order valence-electron chi connectivity index (χ1n) is 9.14. The predicted octanol–water partition coefficient (Wildman–Crippen LogP) is 1.54. The zero-order chi connectivity index (χ0) is 19.4. The number of rotatable bonds is 7. The van der Waals surface area contributed by atoms with E-state index in [0.29, 0.717) is 19.6 Å². The van der Waals surface area contributed by atoms with E-state index in [9.17, 15) is 9.59 Å². The van der Waals surface area contributed by atoms with Crippen LogP contribution in [0.5, 0.6) is 5.75 Å². The van der Waals surface area contributed by atoms with Gasteiger partial charge in [0, 0.05) is 31.4 Å². The Morgan fingerprint density at radius 2 is 2.07 bits per heavy atom. The Bertz CT molecular complexity index is 800. The van der Waals surface area contributed by atoms with E-state index in [4.69, 9.17) is 4.74 Å². The Kier molecular flexibility index (Phi) is 5.73. The first-order chi connectivity index (χ1) is 12.9. The normalized spacial score (nSPS) is 16.8. The van der Waals surface area contributed by atoms with Crippen LogP contribution in [0.15, 0.2) is 30.5 Å². The van der Waals surface area contributed by atoms with Crippen LogP contribution in [0.1, 0.15) is 26.0 Å². The van der Waals surface area contributed by atoms with E-state index >= 15 is 0 Å². The minimum absolute atomic E-state index is 0.0421. The van der Waals surface area contributed by atoms with Crippen LogP contribution in [0, 0.1) is 12.8 Å². The molecule has 1 unspecified atom stereocenters. The largest absolute Gasteiger partial charge is 0.491 e. The van der Waals surface area contributed by atoms with Crippen LogP contribution in [-0.2, 0) is 16.1 Å². The molecule has 1 aliphatic rings. The van der Waals surface area contributed by atoms with Gasteiger partial charge >= 0.3 is 0 Å². The van der Waals surface area contributed by atoms with Crippen molar-refractivity contribution in [3.63, 3.8) is 0 Å². The van der Waals surface area contributed by atoms with Crippen molar-refractivity contribution in [2.75, 3.05) is 18.0 Å². The van der Waals surface area contributed by atoms with Gasteiger partial charge in [-0.2, -0.15) is 0 Å².